The van der Waals surface area contributed by atoms with Crippen molar-refractivity contribution in [2.24, 2.45) is 5.92 Å². The summed E-state index contributed by atoms with van der Waals surface area (Å²) >= 11 is 5.32. The van der Waals surface area contributed by atoms with E-state index >= 15 is 0 Å². The van der Waals surface area contributed by atoms with Gasteiger partial charge in [-0.1, -0.05) is 36.4 Å². The van der Waals surface area contributed by atoms with Gasteiger partial charge >= 0.3 is 0 Å². The predicted octanol–water partition coefficient (Wildman–Crippen LogP) is 2.35. The highest BCUT2D eigenvalue weighted by Gasteiger charge is 2.50. The third-order valence-electron chi connectivity index (χ3n) is 4.92. The minimum absolute atomic E-state index is 0.0447. The first-order valence-electron chi connectivity index (χ1n) is 8.64. The molecule has 3 atom stereocenters. The van der Waals surface area contributed by atoms with E-state index in [0.29, 0.717) is 11.1 Å². The van der Waals surface area contributed by atoms with Crippen molar-refractivity contribution in [1.82, 2.24) is 10.6 Å². The van der Waals surface area contributed by atoms with Gasteiger partial charge in [0.05, 0.1) is 24.9 Å². The number of aliphatic hydroxyl groups is 1. The highest BCUT2D eigenvalue weighted by atomic mass is 32.1. The fourth-order valence-corrected chi connectivity index (χ4v) is 3.76. The first kappa shape index (κ1) is 19.4. The standard InChI is InChI=1S/C20H21FN2O3S/c1-13-16(11-24)20(12-26-13,15-9-5-6-10-17(15)21)23-19(27)22-18(25)14-7-3-2-4-8-14/h2-10,13,16,24H,11-12H2,1H3,(H2,22,23,25,27)/t13?,16-,20-/m1/s1. The van der Waals surface area contributed by atoms with Crippen molar-refractivity contribution in [3.05, 3.63) is 71.5 Å². The Morgan fingerprint density at radius 1 is 1.26 bits per heavy atom. The second-order valence-corrected chi connectivity index (χ2v) is 6.94. The lowest BCUT2D eigenvalue weighted by Gasteiger charge is -2.36. The van der Waals surface area contributed by atoms with Crippen LogP contribution in [0.1, 0.15) is 22.8 Å². The van der Waals surface area contributed by atoms with Gasteiger partial charge in [-0.25, -0.2) is 4.39 Å². The number of hydrogen-bond donors (Lipinski definition) is 3. The second kappa shape index (κ2) is 8.12. The lowest BCUT2D eigenvalue weighted by atomic mass is 9.78. The summed E-state index contributed by atoms with van der Waals surface area (Å²) in [5.41, 5.74) is -0.290. The normalized spacial score (nSPS) is 24.4. The maximum absolute atomic E-state index is 14.6. The molecule has 0 aliphatic carbocycles. The number of carbonyl (C=O) groups is 1. The highest BCUT2D eigenvalue weighted by Crippen LogP contribution is 2.40. The minimum Gasteiger partial charge on any atom is -0.396 e. The van der Waals surface area contributed by atoms with Crippen LogP contribution >= 0.6 is 12.2 Å². The summed E-state index contributed by atoms with van der Waals surface area (Å²) in [5, 5.41) is 15.6. The smallest absolute Gasteiger partial charge is 0.257 e. The average Bonchev–Trinajstić information content (AvgIpc) is 2.98. The zero-order valence-corrected chi connectivity index (χ0v) is 15.6. The van der Waals surface area contributed by atoms with Crippen LogP contribution in [-0.4, -0.2) is 35.4 Å². The van der Waals surface area contributed by atoms with Crippen LogP contribution in [0.2, 0.25) is 0 Å². The van der Waals surface area contributed by atoms with Gasteiger partial charge in [-0.15, -0.1) is 0 Å². The molecule has 1 unspecified atom stereocenters. The molecular formula is C20H21FN2O3S. The van der Waals surface area contributed by atoms with E-state index in [0.717, 1.165) is 0 Å². The summed E-state index contributed by atoms with van der Waals surface area (Å²) in [6.07, 6.45) is -0.310. The van der Waals surface area contributed by atoms with Crippen LogP contribution in [0.5, 0.6) is 0 Å². The molecule has 7 heteroatoms. The van der Waals surface area contributed by atoms with Gasteiger partial charge in [-0.05, 0) is 37.3 Å². The summed E-state index contributed by atoms with van der Waals surface area (Å²) in [6, 6.07) is 14.9. The quantitative estimate of drug-likeness (QED) is 0.702. The van der Waals surface area contributed by atoms with Crippen LogP contribution in [0, 0.1) is 11.7 Å². The van der Waals surface area contributed by atoms with Crippen molar-refractivity contribution < 1.29 is 19.0 Å². The van der Waals surface area contributed by atoms with E-state index in [1.807, 2.05) is 13.0 Å². The van der Waals surface area contributed by atoms with Gasteiger partial charge in [0.25, 0.3) is 5.91 Å². The number of rotatable bonds is 4. The molecule has 3 N–H and O–H groups in total. The number of carbonyl (C=O) groups excluding carboxylic acids is 1. The first-order valence-corrected chi connectivity index (χ1v) is 9.05. The van der Waals surface area contributed by atoms with Gasteiger partial charge in [-0.3, -0.25) is 10.1 Å². The molecule has 1 heterocycles. The van der Waals surface area contributed by atoms with E-state index in [1.54, 1.807) is 42.5 Å². The molecule has 1 fully saturated rings. The second-order valence-electron chi connectivity index (χ2n) is 6.53. The van der Waals surface area contributed by atoms with Gasteiger partial charge in [0.1, 0.15) is 5.82 Å². The Kier molecular flexibility index (Phi) is 5.84. The number of thiocarbonyl (C=S) groups is 1. The van der Waals surface area contributed by atoms with Crippen LogP contribution < -0.4 is 10.6 Å². The van der Waals surface area contributed by atoms with E-state index in [-0.39, 0.29) is 30.3 Å². The van der Waals surface area contributed by atoms with Crippen LogP contribution in [-0.2, 0) is 10.3 Å². The largest absolute Gasteiger partial charge is 0.396 e. The Labute approximate surface area is 162 Å². The molecule has 1 saturated heterocycles. The molecule has 0 spiro atoms. The van der Waals surface area contributed by atoms with Crippen LogP contribution in [0.25, 0.3) is 0 Å². The Hall–Kier alpha value is -2.35. The Morgan fingerprint density at radius 2 is 1.93 bits per heavy atom. The third kappa shape index (κ3) is 3.85. The highest BCUT2D eigenvalue weighted by molar-refractivity contribution is 7.80. The maximum Gasteiger partial charge on any atom is 0.257 e. The molecule has 142 valence electrons. The van der Waals surface area contributed by atoms with E-state index in [9.17, 15) is 14.3 Å². The fourth-order valence-electron chi connectivity index (χ4n) is 3.49. The number of amides is 1. The summed E-state index contributed by atoms with van der Waals surface area (Å²) in [5.74, 6) is -1.25. The maximum atomic E-state index is 14.6. The number of ether oxygens (including phenoxy) is 1. The molecule has 5 nitrogen and oxygen atoms in total. The Morgan fingerprint density at radius 3 is 2.59 bits per heavy atom. The van der Waals surface area contributed by atoms with Gasteiger partial charge < -0.3 is 15.2 Å². The van der Waals surface area contributed by atoms with E-state index < -0.39 is 17.3 Å². The topological polar surface area (TPSA) is 70.6 Å². The van der Waals surface area contributed by atoms with Gasteiger partial charge in [0, 0.05) is 17.0 Å². The molecule has 27 heavy (non-hydrogen) atoms. The summed E-state index contributed by atoms with van der Waals surface area (Å²) < 4.78 is 20.3. The number of aliphatic hydroxyl groups excluding tert-OH is 1. The molecule has 3 rings (SSSR count). The monoisotopic (exact) mass is 388 g/mol. The minimum atomic E-state index is -1.08. The van der Waals surface area contributed by atoms with Crippen molar-refractivity contribution in [2.75, 3.05) is 13.2 Å². The predicted molar refractivity (Wildman–Crippen MR) is 104 cm³/mol. The summed E-state index contributed by atoms with van der Waals surface area (Å²) in [7, 11) is 0. The lowest BCUT2D eigenvalue weighted by molar-refractivity contribution is 0.0860. The molecule has 0 saturated carbocycles. The fraction of sp³-hybridized carbons (Fsp3) is 0.300. The number of hydrogen-bond acceptors (Lipinski definition) is 4. The van der Waals surface area contributed by atoms with Crippen LogP contribution in [0.4, 0.5) is 4.39 Å². The Bertz CT molecular complexity index is 833. The van der Waals surface area contributed by atoms with Gasteiger partial charge in [0.2, 0.25) is 0 Å². The van der Waals surface area contributed by atoms with E-state index in [2.05, 4.69) is 10.6 Å². The van der Waals surface area contributed by atoms with Gasteiger partial charge in [0.15, 0.2) is 5.11 Å². The molecule has 0 aromatic heterocycles. The average molecular weight is 388 g/mol. The zero-order valence-electron chi connectivity index (χ0n) is 14.8. The van der Waals surface area contributed by atoms with Crippen molar-refractivity contribution >= 4 is 23.2 Å². The molecule has 1 aliphatic rings. The number of benzene rings is 2. The first-order chi connectivity index (χ1) is 13.0. The number of nitrogens with one attached hydrogen (secondary N) is 2. The zero-order chi connectivity index (χ0) is 19.4. The Balaban J connectivity index is 1.88. The van der Waals surface area contributed by atoms with Gasteiger partial charge in [-0.2, -0.15) is 0 Å². The lowest BCUT2D eigenvalue weighted by Crippen LogP contribution is -2.56. The molecule has 0 bridgehead atoms. The van der Waals surface area contributed by atoms with Crippen molar-refractivity contribution in [2.45, 2.75) is 18.6 Å². The summed E-state index contributed by atoms with van der Waals surface area (Å²) in [6.45, 7) is 1.70. The number of halogens is 1. The van der Waals surface area contributed by atoms with Crippen molar-refractivity contribution in [1.29, 1.82) is 0 Å². The van der Waals surface area contributed by atoms with E-state index in [4.69, 9.17) is 17.0 Å². The molecule has 1 amide bonds. The van der Waals surface area contributed by atoms with Crippen LogP contribution in [0.15, 0.2) is 54.6 Å². The van der Waals surface area contributed by atoms with Crippen molar-refractivity contribution in [3.8, 4) is 0 Å². The van der Waals surface area contributed by atoms with Crippen LogP contribution in [0.3, 0.4) is 0 Å². The molecule has 2 aromatic rings. The summed E-state index contributed by atoms with van der Waals surface area (Å²) in [4.78, 5) is 12.4. The third-order valence-corrected chi connectivity index (χ3v) is 5.13. The van der Waals surface area contributed by atoms with Crippen molar-refractivity contribution in [3.63, 3.8) is 0 Å². The molecule has 2 aromatic carbocycles. The SMILES string of the molecule is CC1OC[C@@](NC(=S)NC(=O)c2ccccc2)(c2ccccc2F)[C@@H]1CO. The molecule has 1 aliphatic heterocycles. The molecule has 0 radical (unpaired) electrons. The molecular weight excluding hydrogens is 367 g/mol. The van der Waals surface area contributed by atoms with E-state index in [1.165, 1.54) is 6.07 Å².